The molecule has 1 aliphatic carbocycles. The van der Waals surface area contributed by atoms with E-state index in [0.717, 1.165) is 48.0 Å². The van der Waals surface area contributed by atoms with Crippen LogP contribution in [0.15, 0.2) is 48.7 Å². The van der Waals surface area contributed by atoms with Crippen molar-refractivity contribution < 1.29 is 9.18 Å². The van der Waals surface area contributed by atoms with Gasteiger partial charge in [-0.25, -0.2) is 9.37 Å². The van der Waals surface area contributed by atoms with E-state index >= 15 is 0 Å². The maximum atomic E-state index is 14.1. The van der Waals surface area contributed by atoms with E-state index in [4.69, 9.17) is 10.7 Å². The number of carbonyl (C=O) groups excluding carboxylic acids is 1. The van der Waals surface area contributed by atoms with Crippen LogP contribution in [0.3, 0.4) is 0 Å². The highest BCUT2D eigenvalue weighted by atomic mass is 19.1. The molecule has 2 aromatic heterocycles. The largest absolute Gasteiger partial charge is 0.366 e. The van der Waals surface area contributed by atoms with Gasteiger partial charge in [0.2, 0.25) is 5.91 Å². The van der Waals surface area contributed by atoms with Crippen molar-refractivity contribution in [2.75, 3.05) is 5.32 Å². The molecule has 0 fully saturated rings. The van der Waals surface area contributed by atoms with Crippen molar-refractivity contribution in [2.24, 2.45) is 5.73 Å². The molecule has 1 amide bonds. The number of aromatic nitrogens is 4. The number of fused-ring (bicyclic) bond motifs is 2. The molecule has 0 atom stereocenters. The van der Waals surface area contributed by atoms with E-state index in [2.05, 4.69) is 15.4 Å². The van der Waals surface area contributed by atoms with Crippen LogP contribution in [0.2, 0.25) is 0 Å². The number of rotatable bonds is 5. The maximum Gasteiger partial charge on any atom is 0.253 e. The number of nitrogens with two attached hydrogens (primary N) is 1. The van der Waals surface area contributed by atoms with E-state index in [1.807, 2.05) is 30.3 Å². The second kappa shape index (κ2) is 7.22. The van der Waals surface area contributed by atoms with Crippen LogP contribution < -0.4 is 11.1 Å². The Morgan fingerprint density at radius 1 is 1.17 bits per heavy atom. The summed E-state index contributed by atoms with van der Waals surface area (Å²) in [6, 6.07) is 12.5. The number of primary amides is 1. The van der Waals surface area contributed by atoms with Crippen LogP contribution in [0.5, 0.6) is 0 Å². The highest BCUT2D eigenvalue weighted by molar-refractivity contribution is 6.05. The number of carbonyl (C=O) groups is 1. The number of nitrogens with zero attached hydrogens (tertiary/aromatic N) is 4. The molecule has 0 aliphatic heterocycles. The van der Waals surface area contributed by atoms with Crippen LogP contribution in [-0.2, 0) is 19.4 Å². The molecular weight excluding hydrogens is 383 g/mol. The lowest BCUT2D eigenvalue weighted by Crippen LogP contribution is -2.13. The Labute approximate surface area is 171 Å². The minimum absolute atomic E-state index is 0.0832. The van der Waals surface area contributed by atoms with Crippen LogP contribution in [0.25, 0.3) is 16.9 Å². The Morgan fingerprint density at radius 2 is 2.00 bits per heavy atom. The number of amides is 1. The lowest BCUT2D eigenvalue weighted by molar-refractivity contribution is 0.100. The van der Waals surface area contributed by atoms with Gasteiger partial charge in [0.1, 0.15) is 11.6 Å². The van der Waals surface area contributed by atoms with Crippen molar-refractivity contribution >= 4 is 22.6 Å². The van der Waals surface area contributed by atoms with Gasteiger partial charge in [0.15, 0.2) is 0 Å². The first-order valence-corrected chi connectivity index (χ1v) is 9.75. The average molecular weight is 402 g/mol. The number of benzene rings is 2. The fraction of sp³-hybridized carbons (Fsp3) is 0.182. The maximum absolute atomic E-state index is 14.1. The lowest BCUT2D eigenvalue weighted by Gasteiger charge is -2.13. The summed E-state index contributed by atoms with van der Waals surface area (Å²) < 4.78 is 15.6. The van der Waals surface area contributed by atoms with Gasteiger partial charge in [-0.3, -0.25) is 4.79 Å². The summed E-state index contributed by atoms with van der Waals surface area (Å²) in [6.45, 7) is 0.629. The standard InChI is InChI=1S/C22H19FN6O/c23-14-9-16(20(24)30)17-12-26-29(19(17)10-14)22-27-18-8-4-7-15(18)21(28-22)25-11-13-5-2-1-3-6-13/h1-3,5-6,9-10,12H,4,7-8,11H2,(H2,24,30)(H,25,27,28). The normalized spacial score (nSPS) is 12.8. The van der Waals surface area contributed by atoms with E-state index in [9.17, 15) is 9.18 Å². The van der Waals surface area contributed by atoms with Crippen molar-refractivity contribution in [3.8, 4) is 5.95 Å². The Balaban J connectivity index is 1.59. The number of aryl methyl sites for hydroxylation is 1. The van der Waals surface area contributed by atoms with Crippen molar-refractivity contribution in [1.82, 2.24) is 19.7 Å². The highest BCUT2D eigenvalue weighted by Crippen LogP contribution is 2.29. The van der Waals surface area contributed by atoms with Gasteiger partial charge in [0.05, 0.1) is 23.0 Å². The molecule has 0 spiro atoms. The van der Waals surface area contributed by atoms with Crippen molar-refractivity contribution in [3.63, 3.8) is 0 Å². The Kier molecular flexibility index (Phi) is 4.39. The number of nitrogens with one attached hydrogen (secondary N) is 1. The van der Waals surface area contributed by atoms with Gasteiger partial charge in [-0.05, 0) is 30.9 Å². The van der Waals surface area contributed by atoms with Crippen LogP contribution >= 0.6 is 0 Å². The third-order valence-electron chi connectivity index (χ3n) is 5.33. The molecule has 3 N–H and O–H groups in total. The molecule has 0 unspecified atom stereocenters. The smallest absolute Gasteiger partial charge is 0.253 e. The van der Waals surface area contributed by atoms with Gasteiger partial charge in [0.25, 0.3) is 5.95 Å². The summed E-state index contributed by atoms with van der Waals surface area (Å²) in [5.74, 6) is -0.186. The predicted molar refractivity (Wildman–Crippen MR) is 111 cm³/mol. The number of anilines is 1. The Hall–Kier alpha value is -3.81. The SMILES string of the molecule is NC(=O)c1cc(F)cc2c1cnn2-c1nc2c(c(NCc3ccccc3)n1)CCC2. The topological polar surface area (TPSA) is 98.7 Å². The van der Waals surface area contributed by atoms with E-state index in [-0.39, 0.29) is 5.56 Å². The van der Waals surface area contributed by atoms with Gasteiger partial charge in [0, 0.05) is 23.6 Å². The zero-order chi connectivity index (χ0) is 20.7. The van der Waals surface area contributed by atoms with Crippen LogP contribution in [0, 0.1) is 5.82 Å². The number of hydrogen-bond acceptors (Lipinski definition) is 5. The van der Waals surface area contributed by atoms with Crippen LogP contribution in [0.1, 0.15) is 33.6 Å². The van der Waals surface area contributed by atoms with Crippen LogP contribution in [-0.4, -0.2) is 25.7 Å². The van der Waals surface area contributed by atoms with E-state index in [1.165, 1.54) is 16.9 Å². The fourth-order valence-corrected chi connectivity index (χ4v) is 3.90. The molecule has 30 heavy (non-hydrogen) atoms. The molecule has 0 radical (unpaired) electrons. The van der Waals surface area contributed by atoms with Crippen molar-refractivity contribution in [2.45, 2.75) is 25.8 Å². The van der Waals surface area contributed by atoms with Crippen molar-refractivity contribution in [3.05, 3.63) is 76.9 Å². The number of hydrogen-bond donors (Lipinski definition) is 2. The summed E-state index contributed by atoms with van der Waals surface area (Å²) in [7, 11) is 0. The zero-order valence-corrected chi connectivity index (χ0v) is 16.1. The minimum atomic E-state index is -0.709. The average Bonchev–Trinajstić information content (AvgIpc) is 3.38. The van der Waals surface area contributed by atoms with Crippen molar-refractivity contribution in [1.29, 1.82) is 0 Å². The predicted octanol–water partition coefficient (Wildman–Crippen LogP) is 3.15. The second-order valence-corrected chi connectivity index (χ2v) is 7.30. The molecule has 4 aromatic rings. The van der Waals surface area contributed by atoms with Gasteiger partial charge < -0.3 is 11.1 Å². The summed E-state index contributed by atoms with van der Waals surface area (Å²) in [5, 5.41) is 8.20. The van der Waals surface area contributed by atoms with Gasteiger partial charge in [-0.1, -0.05) is 30.3 Å². The third kappa shape index (κ3) is 3.16. The fourth-order valence-electron chi connectivity index (χ4n) is 3.90. The molecule has 150 valence electrons. The quantitative estimate of drug-likeness (QED) is 0.534. The van der Waals surface area contributed by atoms with E-state index in [1.54, 1.807) is 0 Å². The summed E-state index contributed by atoms with van der Waals surface area (Å²) in [6.07, 6.45) is 4.26. The molecule has 5 rings (SSSR count). The number of halogens is 1. The first-order chi connectivity index (χ1) is 14.6. The monoisotopic (exact) mass is 402 g/mol. The molecule has 8 heteroatoms. The molecule has 2 aromatic carbocycles. The second-order valence-electron chi connectivity index (χ2n) is 7.30. The first-order valence-electron chi connectivity index (χ1n) is 9.75. The van der Waals surface area contributed by atoms with E-state index in [0.29, 0.717) is 23.4 Å². The summed E-state index contributed by atoms with van der Waals surface area (Å²) >= 11 is 0. The molecule has 0 bridgehead atoms. The summed E-state index contributed by atoms with van der Waals surface area (Å²) in [5.41, 5.74) is 9.10. The molecule has 2 heterocycles. The summed E-state index contributed by atoms with van der Waals surface area (Å²) in [4.78, 5) is 21.1. The lowest BCUT2D eigenvalue weighted by atomic mass is 10.1. The molecular formula is C22H19FN6O. The zero-order valence-electron chi connectivity index (χ0n) is 16.1. The van der Waals surface area contributed by atoms with E-state index < -0.39 is 11.7 Å². The Bertz CT molecular complexity index is 1270. The molecule has 7 nitrogen and oxygen atoms in total. The van der Waals surface area contributed by atoms with Gasteiger partial charge in [-0.2, -0.15) is 14.8 Å². The minimum Gasteiger partial charge on any atom is -0.366 e. The third-order valence-corrected chi connectivity index (χ3v) is 5.33. The first kappa shape index (κ1) is 18.2. The molecule has 0 saturated heterocycles. The van der Waals surface area contributed by atoms with Crippen LogP contribution in [0.4, 0.5) is 10.2 Å². The van der Waals surface area contributed by atoms with Gasteiger partial charge >= 0.3 is 0 Å². The molecule has 0 saturated carbocycles. The highest BCUT2D eigenvalue weighted by Gasteiger charge is 2.22. The van der Waals surface area contributed by atoms with Gasteiger partial charge in [-0.15, -0.1) is 0 Å². The Morgan fingerprint density at radius 3 is 2.80 bits per heavy atom. The molecule has 1 aliphatic rings.